The van der Waals surface area contributed by atoms with Crippen LogP contribution in [0.25, 0.3) is 11.1 Å². The number of fused-ring (bicyclic) bond motifs is 2. The van der Waals surface area contributed by atoms with E-state index in [0.29, 0.717) is 11.8 Å². The minimum Gasteiger partial charge on any atom is 1.00 e. The zero-order valence-corrected chi connectivity index (χ0v) is 43.5. The van der Waals surface area contributed by atoms with Gasteiger partial charge in [-0.25, -0.2) is 0 Å². The normalized spacial score (nSPS) is 28.3. The van der Waals surface area contributed by atoms with Crippen molar-refractivity contribution in [3.63, 3.8) is 0 Å². The van der Waals surface area contributed by atoms with Crippen LogP contribution in [0.3, 0.4) is 0 Å². The van der Waals surface area contributed by atoms with E-state index < -0.39 is 39.0 Å². The first-order valence-electron chi connectivity index (χ1n) is 17.3. The van der Waals surface area contributed by atoms with Crippen molar-refractivity contribution in [3.05, 3.63) is 105 Å². The third-order valence-electron chi connectivity index (χ3n) is 11.5. The first kappa shape index (κ1) is 59.4. The van der Waals surface area contributed by atoms with Crippen LogP contribution in [0.4, 0.5) is 0 Å². The topological polar surface area (TPSA) is 0 Å². The maximum absolute atomic E-state index is 5.00. The van der Waals surface area contributed by atoms with Crippen LogP contribution in [0.5, 0.6) is 0 Å². The largest absolute Gasteiger partial charge is 1.00 e. The molecule has 285 valence electrons. The van der Waals surface area contributed by atoms with Crippen LogP contribution in [-0.4, -0.2) is 0 Å². The first-order chi connectivity index (χ1) is 22.0. The molecular weight excluding hydrogens is 883 g/mol. The summed E-state index contributed by atoms with van der Waals surface area (Å²) in [6, 6.07) is 17.3. The first-order valence-corrected chi connectivity index (χ1v) is 33.2. The Morgan fingerprint density at radius 3 is 0.902 bits per heavy atom. The number of halogens is 5. The van der Waals surface area contributed by atoms with Gasteiger partial charge in [-0.3, -0.25) is 0 Å². The van der Waals surface area contributed by atoms with Crippen LogP contribution in [0.15, 0.2) is 60.7 Å². The fourth-order valence-corrected chi connectivity index (χ4v) is 7.72. The van der Waals surface area contributed by atoms with Crippen molar-refractivity contribution in [1.82, 2.24) is 0 Å². The molecule has 4 aliphatic carbocycles. The van der Waals surface area contributed by atoms with Gasteiger partial charge in [-0.15, -0.1) is 0 Å². The third kappa shape index (κ3) is 20.1. The van der Waals surface area contributed by atoms with Gasteiger partial charge >= 0.3 is 100 Å². The zero-order valence-electron chi connectivity index (χ0n) is 34.9. The second kappa shape index (κ2) is 30.8. The second-order valence-electron chi connectivity index (χ2n) is 14.6. The Labute approximate surface area is 367 Å². The standard InChI is InChI=1S/2C11H12.2C9H18.3CH3.5ClH.Li.2Zr/c2*1-8-7-9(2)11-6-4-3-5-10(8)11;2*1-6-5-7(2)9(4)8(6)3;;;;;;;;;;;/h2*3-8H,1-2H3;2*6-9H,5H2,1-4H3;3*1H3;5*1H;;;/q;;;;3*-1;;;;;;+1;+3;+4/p-5. The van der Waals surface area contributed by atoms with Crippen molar-refractivity contribution < 1.29 is 57.9 Å². The average Bonchev–Trinajstić information content (AvgIpc) is 3.64. The van der Waals surface area contributed by atoms with Crippen LogP contribution in [-0.2, 0) is 39.0 Å². The van der Waals surface area contributed by atoms with E-state index in [4.69, 9.17) is 42.6 Å². The van der Waals surface area contributed by atoms with E-state index in [2.05, 4.69) is 144 Å². The predicted octanol–water partition coefficient (Wildman–Crippen LogP) is 14.1. The smallest absolute Gasteiger partial charge is 1.00 e. The van der Waals surface area contributed by atoms with Gasteiger partial charge in [-0.1, -0.05) is 130 Å². The molecule has 10 unspecified atom stereocenters. The number of allylic oxidation sites excluding steroid dienone is 4. The molecule has 2 fully saturated rings. The quantitative estimate of drug-likeness (QED) is 0.182. The van der Waals surface area contributed by atoms with Gasteiger partial charge in [0.25, 0.3) is 0 Å². The maximum Gasteiger partial charge on any atom is 1.00 e. The molecule has 10 atom stereocenters. The van der Waals surface area contributed by atoms with Crippen LogP contribution in [0.1, 0.15) is 130 Å². The Kier molecular flexibility index (Phi) is 35.9. The van der Waals surface area contributed by atoms with Crippen LogP contribution < -0.4 is 18.9 Å². The zero-order chi connectivity index (χ0) is 36.0. The van der Waals surface area contributed by atoms with E-state index >= 15 is 0 Å². The number of rotatable bonds is 0. The van der Waals surface area contributed by atoms with E-state index in [1.165, 1.54) is 46.2 Å². The molecule has 0 spiro atoms. The molecule has 0 aliphatic heterocycles. The molecule has 4 aliphatic rings. The molecule has 6 rings (SSSR count). The Balaban J connectivity index is -0.000000267. The Morgan fingerprint density at radius 1 is 0.510 bits per heavy atom. The van der Waals surface area contributed by atoms with Gasteiger partial charge in [0.1, 0.15) is 0 Å². The molecule has 0 amide bonds. The molecule has 2 aromatic rings. The van der Waals surface area contributed by atoms with Crippen molar-refractivity contribution in [1.29, 1.82) is 0 Å². The van der Waals surface area contributed by atoms with Gasteiger partial charge in [0, 0.05) is 11.8 Å². The summed E-state index contributed by atoms with van der Waals surface area (Å²) in [5.41, 5.74) is 8.66. The number of hydrogen-bond donors (Lipinski definition) is 0. The van der Waals surface area contributed by atoms with Crippen LogP contribution >= 0.6 is 42.6 Å². The predicted molar refractivity (Wildman–Crippen MR) is 228 cm³/mol. The van der Waals surface area contributed by atoms with Gasteiger partial charge in [-0.2, -0.15) is 0 Å². The van der Waals surface area contributed by atoms with Crippen molar-refractivity contribution in [2.24, 2.45) is 47.3 Å². The molecule has 0 nitrogen and oxygen atoms in total. The van der Waals surface area contributed by atoms with E-state index in [1.807, 2.05) is 0 Å². The maximum atomic E-state index is 5.00. The Bertz CT molecular complexity index is 1130. The second-order valence-corrected chi connectivity index (χ2v) is 29.5. The molecule has 51 heavy (non-hydrogen) atoms. The molecule has 0 N–H and O–H groups in total. The van der Waals surface area contributed by atoms with E-state index in [9.17, 15) is 0 Å². The van der Waals surface area contributed by atoms with Crippen molar-refractivity contribution >= 4 is 53.7 Å². The monoisotopic (exact) mass is 947 g/mol. The minimum absolute atomic E-state index is 0. The molecule has 0 radical (unpaired) electrons. The third-order valence-corrected chi connectivity index (χ3v) is 11.5. The van der Waals surface area contributed by atoms with Crippen molar-refractivity contribution in [3.8, 4) is 0 Å². The summed E-state index contributed by atoms with van der Waals surface area (Å²) in [5, 5.41) is 0. The summed E-state index contributed by atoms with van der Waals surface area (Å²) < 4.78 is 0. The van der Waals surface area contributed by atoms with Gasteiger partial charge in [-0.05, 0) is 107 Å². The molecule has 0 saturated heterocycles. The number of hydrogen-bond acceptors (Lipinski definition) is 0. The van der Waals surface area contributed by atoms with Crippen molar-refractivity contribution in [2.75, 3.05) is 0 Å². The van der Waals surface area contributed by atoms with Gasteiger partial charge in [0.15, 0.2) is 0 Å². The minimum atomic E-state index is -2.13. The molecule has 8 heteroatoms. The number of benzene rings is 2. The molecule has 2 aromatic carbocycles. The molecule has 0 heterocycles. The summed E-state index contributed by atoms with van der Waals surface area (Å²) in [7, 11) is 24.9. The molecule has 0 bridgehead atoms. The van der Waals surface area contributed by atoms with E-state index in [0.717, 1.165) is 47.3 Å². The van der Waals surface area contributed by atoms with Crippen LogP contribution in [0.2, 0.25) is 0 Å². The van der Waals surface area contributed by atoms with Gasteiger partial charge in [0.2, 0.25) is 0 Å². The van der Waals surface area contributed by atoms with E-state index in [1.54, 1.807) is 0 Å². The summed E-state index contributed by atoms with van der Waals surface area (Å²) in [5.74, 6) is 8.94. The summed E-state index contributed by atoms with van der Waals surface area (Å²) in [4.78, 5) is 0. The molecule has 2 saturated carbocycles. The SMILES string of the molecule is CC1=CC(C)c2ccccc21.CC1=CC(C)c2ccccc21.CC1CC(C)C(C)C1C.CC1CC(C)C(C)C1C.[CH3-].[CH3-].[CH3-].[Cl][Zr+2][Cl].[Cl][Zr]([Cl])[Cl].[Li+]. The summed E-state index contributed by atoms with van der Waals surface area (Å²) in [6.45, 7) is 27.9. The summed E-state index contributed by atoms with van der Waals surface area (Å²) in [6.07, 6.45) is 7.54. The summed E-state index contributed by atoms with van der Waals surface area (Å²) >= 11 is -2.95. The van der Waals surface area contributed by atoms with Crippen LogP contribution in [0, 0.1) is 69.6 Å². The van der Waals surface area contributed by atoms with Gasteiger partial charge < -0.3 is 22.3 Å². The molecule has 0 aromatic heterocycles. The Morgan fingerprint density at radius 2 is 0.725 bits per heavy atom. The molecular formula is C43H69Cl5LiZr2. The van der Waals surface area contributed by atoms with Crippen molar-refractivity contribution in [2.45, 2.75) is 108 Å². The fourth-order valence-electron chi connectivity index (χ4n) is 7.72. The fraction of sp³-hybridized carbons (Fsp3) is 0.558. The Hall–Kier alpha value is 1.73. The van der Waals surface area contributed by atoms with E-state index in [-0.39, 0.29) is 41.1 Å². The average molecular weight is 953 g/mol. The van der Waals surface area contributed by atoms with Gasteiger partial charge in [0.05, 0.1) is 0 Å².